The lowest BCUT2D eigenvalue weighted by molar-refractivity contribution is -0.128. The maximum Gasteiger partial charge on any atom is 0.246 e. The summed E-state index contributed by atoms with van der Waals surface area (Å²) in [5.74, 6) is -1.56. The Hall–Kier alpha value is -2.78. The zero-order chi connectivity index (χ0) is 26.8. The fourth-order valence-electron chi connectivity index (χ4n) is 5.85. The predicted octanol–water partition coefficient (Wildman–Crippen LogP) is 4.56. The molecule has 0 radical (unpaired) electrons. The minimum absolute atomic E-state index is 0.0248. The van der Waals surface area contributed by atoms with Gasteiger partial charge in [0.25, 0.3) is 0 Å². The van der Waals surface area contributed by atoms with E-state index in [1.54, 1.807) is 4.90 Å². The average molecular weight is 544 g/mol. The molecule has 1 amide bonds. The zero-order valence-electron chi connectivity index (χ0n) is 21.0. The van der Waals surface area contributed by atoms with Gasteiger partial charge in [-0.3, -0.25) is 9.69 Å². The lowest BCUT2D eigenvalue weighted by atomic mass is 9.86. The third-order valence-corrected chi connectivity index (χ3v) is 8.21. The predicted molar refractivity (Wildman–Crippen MR) is 144 cm³/mol. The van der Waals surface area contributed by atoms with Crippen LogP contribution in [0.1, 0.15) is 36.3 Å². The number of halogens is 3. The van der Waals surface area contributed by atoms with E-state index < -0.39 is 23.8 Å². The van der Waals surface area contributed by atoms with Gasteiger partial charge in [0.05, 0.1) is 17.2 Å². The Morgan fingerprint density at radius 1 is 1.13 bits per heavy atom. The Balaban J connectivity index is 1.10. The molecule has 0 saturated carbocycles. The summed E-state index contributed by atoms with van der Waals surface area (Å²) in [4.78, 5) is 19.6. The van der Waals surface area contributed by atoms with Crippen molar-refractivity contribution in [3.05, 3.63) is 76.5 Å². The fourth-order valence-corrected chi connectivity index (χ4v) is 6.13. The summed E-state index contributed by atoms with van der Waals surface area (Å²) < 4.78 is 26.7. The van der Waals surface area contributed by atoms with Crippen LogP contribution in [0.2, 0.25) is 5.02 Å². The van der Waals surface area contributed by atoms with Crippen LogP contribution in [0.4, 0.5) is 8.78 Å². The monoisotopic (exact) mass is 543 g/mol. The van der Waals surface area contributed by atoms with Crippen molar-refractivity contribution < 1.29 is 23.8 Å². The first-order valence-corrected chi connectivity index (χ1v) is 13.4. The van der Waals surface area contributed by atoms with Crippen LogP contribution in [-0.2, 0) is 4.79 Å². The lowest BCUT2D eigenvalue weighted by Crippen LogP contribution is -2.48. The Bertz CT molecular complexity index is 1300. The molecular weight excluding hydrogens is 512 g/mol. The third kappa shape index (κ3) is 5.94. The molecule has 3 unspecified atom stereocenters. The molecule has 6 nitrogen and oxygen atoms in total. The number of aromatic amines is 1. The minimum atomic E-state index is -0.689. The van der Waals surface area contributed by atoms with Gasteiger partial charge in [0.1, 0.15) is 11.6 Å². The molecular formula is C29H32ClF2N3O3. The lowest BCUT2D eigenvalue weighted by Gasteiger charge is -2.39. The van der Waals surface area contributed by atoms with Gasteiger partial charge in [-0.1, -0.05) is 17.7 Å². The van der Waals surface area contributed by atoms with Crippen LogP contribution in [-0.4, -0.2) is 75.8 Å². The smallest absolute Gasteiger partial charge is 0.246 e. The van der Waals surface area contributed by atoms with Gasteiger partial charge >= 0.3 is 0 Å². The Kier molecular flexibility index (Phi) is 8.14. The summed E-state index contributed by atoms with van der Waals surface area (Å²) in [6, 6.07) is 8.87. The van der Waals surface area contributed by atoms with Crippen molar-refractivity contribution >= 4 is 34.5 Å². The SMILES string of the molecule is O=C(/C=C/c1cc(F)cc(F)c1)N1CCC(C(O)CN2CCC(c3c[nH]c4cccc(Cl)c34)C(O)C2)CC1. The quantitative estimate of drug-likeness (QED) is 0.398. The molecule has 9 heteroatoms. The second-order valence-electron chi connectivity index (χ2n) is 10.4. The Morgan fingerprint density at radius 3 is 2.58 bits per heavy atom. The van der Waals surface area contributed by atoms with Gasteiger partial charge in [-0.2, -0.15) is 0 Å². The van der Waals surface area contributed by atoms with Gasteiger partial charge in [-0.05, 0) is 73.2 Å². The van der Waals surface area contributed by atoms with Crippen LogP contribution >= 0.6 is 11.6 Å². The largest absolute Gasteiger partial charge is 0.392 e. The number of likely N-dealkylation sites (tertiary alicyclic amines) is 2. The molecule has 0 bridgehead atoms. The number of β-amino-alcohol motifs (C(OH)–C–C–N with tert-alkyl or cyclic N) is 2. The number of piperidine rings is 2. The highest BCUT2D eigenvalue weighted by atomic mass is 35.5. The van der Waals surface area contributed by atoms with E-state index in [0.717, 1.165) is 35.5 Å². The van der Waals surface area contributed by atoms with E-state index in [2.05, 4.69) is 9.88 Å². The first kappa shape index (κ1) is 26.8. The van der Waals surface area contributed by atoms with Crippen molar-refractivity contribution in [1.82, 2.24) is 14.8 Å². The van der Waals surface area contributed by atoms with Gasteiger partial charge in [-0.15, -0.1) is 0 Å². The Morgan fingerprint density at radius 2 is 1.87 bits per heavy atom. The highest BCUT2D eigenvalue weighted by molar-refractivity contribution is 6.35. The van der Waals surface area contributed by atoms with E-state index in [4.69, 9.17) is 11.6 Å². The minimum Gasteiger partial charge on any atom is -0.392 e. The number of hydrogen-bond donors (Lipinski definition) is 3. The number of hydrogen-bond acceptors (Lipinski definition) is 4. The maximum atomic E-state index is 13.4. The van der Waals surface area contributed by atoms with Crippen LogP contribution in [0.25, 0.3) is 17.0 Å². The molecule has 202 valence electrons. The molecule has 2 aliphatic rings. The number of H-pyrrole nitrogens is 1. The van der Waals surface area contributed by atoms with Gasteiger partial charge in [0.15, 0.2) is 0 Å². The molecule has 0 spiro atoms. The van der Waals surface area contributed by atoms with Crippen LogP contribution in [0.3, 0.4) is 0 Å². The summed E-state index contributed by atoms with van der Waals surface area (Å²) in [6.07, 6.45) is 5.67. The van der Waals surface area contributed by atoms with E-state index in [0.29, 0.717) is 49.6 Å². The Labute approximate surface area is 225 Å². The summed E-state index contributed by atoms with van der Waals surface area (Å²) >= 11 is 6.44. The van der Waals surface area contributed by atoms with Crippen LogP contribution < -0.4 is 0 Å². The molecule has 3 atom stereocenters. The van der Waals surface area contributed by atoms with Gasteiger partial charge < -0.3 is 20.1 Å². The third-order valence-electron chi connectivity index (χ3n) is 7.89. The molecule has 38 heavy (non-hydrogen) atoms. The summed E-state index contributed by atoms with van der Waals surface area (Å²) in [5.41, 5.74) is 2.28. The first-order chi connectivity index (χ1) is 18.3. The molecule has 0 aliphatic carbocycles. The molecule has 2 fully saturated rings. The van der Waals surface area contributed by atoms with E-state index in [1.807, 2.05) is 24.4 Å². The summed E-state index contributed by atoms with van der Waals surface area (Å²) in [6.45, 7) is 2.73. The van der Waals surface area contributed by atoms with Crippen LogP contribution in [0, 0.1) is 17.6 Å². The number of amides is 1. The van der Waals surface area contributed by atoms with E-state index in [9.17, 15) is 23.8 Å². The number of benzene rings is 2. The molecule has 2 aliphatic heterocycles. The standard InChI is InChI=1S/C29H32ClF2N3O3/c30-24-2-1-3-25-29(24)23(15-33-25)22-8-9-34(17-27(22)37)16-26(36)19-6-10-35(11-7-19)28(38)5-4-18-12-20(31)14-21(32)13-18/h1-5,12-15,19,22,26-27,33,36-37H,6-11,16-17H2/b5-4+. The number of nitrogens with one attached hydrogen (secondary N) is 1. The van der Waals surface area contributed by atoms with Crippen molar-refractivity contribution in [3.63, 3.8) is 0 Å². The van der Waals surface area contributed by atoms with Crippen molar-refractivity contribution in [2.75, 3.05) is 32.7 Å². The molecule has 3 heterocycles. The second-order valence-corrected chi connectivity index (χ2v) is 10.8. The average Bonchev–Trinajstić information content (AvgIpc) is 3.32. The van der Waals surface area contributed by atoms with Crippen molar-refractivity contribution in [2.45, 2.75) is 37.4 Å². The number of carbonyl (C=O) groups excluding carboxylic acids is 1. The number of aliphatic hydroxyl groups excluding tert-OH is 2. The van der Waals surface area contributed by atoms with E-state index >= 15 is 0 Å². The fraction of sp³-hybridized carbons (Fsp3) is 0.414. The molecule has 3 aromatic rings. The molecule has 5 rings (SSSR count). The number of fused-ring (bicyclic) bond motifs is 1. The normalized spacial score (nSPS) is 22.4. The highest BCUT2D eigenvalue weighted by Crippen LogP contribution is 2.37. The number of aliphatic hydroxyl groups is 2. The van der Waals surface area contributed by atoms with Crippen molar-refractivity contribution in [3.8, 4) is 0 Å². The molecule has 2 aromatic carbocycles. The number of rotatable bonds is 6. The van der Waals surface area contributed by atoms with Crippen molar-refractivity contribution in [1.29, 1.82) is 0 Å². The van der Waals surface area contributed by atoms with Gasteiger partial charge in [0.2, 0.25) is 5.91 Å². The van der Waals surface area contributed by atoms with Crippen LogP contribution in [0.5, 0.6) is 0 Å². The van der Waals surface area contributed by atoms with Crippen molar-refractivity contribution in [2.24, 2.45) is 5.92 Å². The molecule has 2 saturated heterocycles. The molecule has 3 N–H and O–H groups in total. The van der Waals surface area contributed by atoms with Crippen LogP contribution in [0.15, 0.2) is 48.7 Å². The maximum absolute atomic E-state index is 13.4. The number of carbonyl (C=O) groups is 1. The number of nitrogens with zero attached hydrogens (tertiary/aromatic N) is 2. The molecule has 1 aromatic heterocycles. The first-order valence-electron chi connectivity index (χ1n) is 13.1. The topological polar surface area (TPSA) is 79.8 Å². The van der Waals surface area contributed by atoms with E-state index in [-0.39, 0.29) is 17.7 Å². The van der Waals surface area contributed by atoms with E-state index in [1.165, 1.54) is 24.3 Å². The van der Waals surface area contributed by atoms with Gasteiger partial charge in [0, 0.05) is 61.3 Å². The van der Waals surface area contributed by atoms with Gasteiger partial charge in [-0.25, -0.2) is 8.78 Å². The number of aromatic nitrogens is 1. The second kappa shape index (κ2) is 11.5. The summed E-state index contributed by atoms with van der Waals surface area (Å²) in [5, 5.41) is 23.5. The zero-order valence-corrected chi connectivity index (χ0v) is 21.7. The summed E-state index contributed by atoms with van der Waals surface area (Å²) in [7, 11) is 0. The highest BCUT2D eigenvalue weighted by Gasteiger charge is 2.34.